The lowest BCUT2D eigenvalue weighted by Gasteiger charge is -2.10. The Balaban J connectivity index is 1.98. The van der Waals surface area contributed by atoms with Crippen LogP contribution in [-0.4, -0.2) is 35.8 Å². The fraction of sp³-hybridized carbons (Fsp3) is 0.267. The van der Waals surface area contributed by atoms with Crippen LogP contribution in [0.15, 0.2) is 34.2 Å². The molecule has 0 aliphatic rings. The molecule has 1 aromatic heterocycles. The van der Waals surface area contributed by atoms with E-state index in [1.54, 1.807) is 32.2 Å². The molecule has 1 aromatic carbocycles. The number of benzene rings is 1. The van der Waals surface area contributed by atoms with E-state index in [0.29, 0.717) is 28.0 Å². The number of hydrogen-bond donors (Lipinski definition) is 2. The molecule has 0 aliphatic carbocycles. The molecule has 0 saturated heterocycles. The number of thioether (sulfide) groups is 1. The number of nitrogens with zero attached hydrogens (tertiary/aromatic N) is 1. The first kappa shape index (κ1) is 16.9. The van der Waals surface area contributed by atoms with Crippen LogP contribution in [0.4, 0.5) is 5.69 Å². The van der Waals surface area contributed by atoms with Gasteiger partial charge in [-0.25, -0.2) is 4.98 Å². The van der Waals surface area contributed by atoms with Gasteiger partial charge in [0.1, 0.15) is 0 Å². The monoisotopic (exact) mass is 335 g/mol. The average Bonchev–Trinajstić information content (AvgIpc) is 2.52. The molecule has 7 nitrogen and oxygen atoms in total. The Morgan fingerprint density at radius 3 is 2.65 bits per heavy atom. The van der Waals surface area contributed by atoms with E-state index in [2.05, 4.69) is 15.3 Å². The van der Waals surface area contributed by atoms with Crippen molar-refractivity contribution in [1.82, 2.24) is 9.97 Å². The number of methoxy groups -OCH3 is 2. The molecule has 1 amide bonds. The van der Waals surface area contributed by atoms with Gasteiger partial charge in [-0.05, 0) is 19.1 Å². The lowest BCUT2D eigenvalue weighted by atomic mass is 10.2. The van der Waals surface area contributed by atoms with E-state index in [9.17, 15) is 9.59 Å². The molecule has 0 spiro atoms. The molecule has 1 heterocycles. The van der Waals surface area contributed by atoms with Gasteiger partial charge >= 0.3 is 0 Å². The summed E-state index contributed by atoms with van der Waals surface area (Å²) in [5.74, 6) is 1.02. The van der Waals surface area contributed by atoms with E-state index < -0.39 is 0 Å². The van der Waals surface area contributed by atoms with Gasteiger partial charge in [0.25, 0.3) is 5.56 Å². The molecule has 8 heteroatoms. The Morgan fingerprint density at radius 2 is 2.00 bits per heavy atom. The minimum Gasteiger partial charge on any atom is -0.493 e. The maximum atomic E-state index is 12.0. The van der Waals surface area contributed by atoms with Crippen molar-refractivity contribution in [2.45, 2.75) is 12.1 Å². The highest BCUT2D eigenvalue weighted by molar-refractivity contribution is 7.99. The predicted molar refractivity (Wildman–Crippen MR) is 88.5 cm³/mol. The van der Waals surface area contributed by atoms with Gasteiger partial charge in [-0.15, -0.1) is 0 Å². The summed E-state index contributed by atoms with van der Waals surface area (Å²) >= 11 is 1.16. The summed E-state index contributed by atoms with van der Waals surface area (Å²) in [6.07, 6.45) is 0. The first-order valence-corrected chi connectivity index (χ1v) is 7.73. The topological polar surface area (TPSA) is 93.3 Å². The lowest BCUT2D eigenvalue weighted by molar-refractivity contribution is -0.113. The zero-order valence-electron chi connectivity index (χ0n) is 13.0. The van der Waals surface area contributed by atoms with Crippen LogP contribution in [-0.2, 0) is 4.79 Å². The van der Waals surface area contributed by atoms with Crippen molar-refractivity contribution in [2.75, 3.05) is 25.3 Å². The van der Waals surface area contributed by atoms with Gasteiger partial charge in [0.15, 0.2) is 16.7 Å². The number of carbonyl (C=O) groups excluding carboxylic acids is 1. The third-order valence-electron chi connectivity index (χ3n) is 2.86. The molecule has 0 atom stereocenters. The van der Waals surface area contributed by atoms with Gasteiger partial charge in [0, 0.05) is 23.5 Å². The van der Waals surface area contributed by atoms with Gasteiger partial charge in [-0.3, -0.25) is 9.59 Å². The summed E-state index contributed by atoms with van der Waals surface area (Å²) in [7, 11) is 3.07. The summed E-state index contributed by atoms with van der Waals surface area (Å²) in [6.45, 7) is 1.73. The quantitative estimate of drug-likeness (QED) is 0.618. The second-order valence-corrected chi connectivity index (χ2v) is 5.56. The number of ether oxygens (including phenoxy) is 2. The molecule has 122 valence electrons. The first-order valence-electron chi connectivity index (χ1n) is 6.74. The third kappa shape index (κ3) is 4.75. The molecule has 0 bridgehead atoms. The van der Waals surface area contributed by atoms with E-state index >= 15 is 0 Å². The van der Waals surface area contributed by atoms with E-state index in [4.69, 9.17) is 9.47 Å². The van der Waals surface area contributed by atoms with Gasteiger partial charge in [0.2, 0.25) is 5.91 Å². The van der Waals surface area contributed by atoms with E-state index in [0.717, 1.165) is 11.8 Å². The number of H-pyrrole nitrogens is 1. The highest BCUT2D eigenvalue weighted by atomic mass is 32.2. The summed E-state index contributed by atoms with van der Waals surface area (Å²) in [6, 6.07) is 6.50. The van der Waals surface area contributed by atoms with Crippen molar-refractivity contribution in [1.29, 1.82) is 0 Å². The summed E-state index contributed by atoms with van der Waals surface area (Å²) in [5.41, 5.74) is 0.968. The van der Waals surface area contributed by atoms with E-state index in [-0.39, 0.29) is 17.2 Å². The average molecular weight is 335 g/mol. The van der Waals surface area contributed by atoms with Crippen LogP contribution in [0.3, 0.4) is 0 Å². The second-order valence-electron chi connectivity index (χ2n) is 4.60. The number of aryl methyl sites for hydroxylation is 1. The van der Waals surface area contributed by atoms with Crippen LogP contribution in [0.25, 0.3) is 0 Å². The SMILES string of the molecule is COc1ccc(NC(=O)CSc2nc(C)cc(=O)[nH]2)cc1OC. The maximum absolute atomic E-state index is 12.0. The minimum absolute atomic E-state index is 0.126. The van der Waals surface area contributed by atoms with Crippen LogP contribution >= 0.6 is 11.8 Å². The summed E-state index contributed by atoms with van der Waals surface area (Å²) in [5, 5.41) is 3.17. The predicted octanol–water partition coefficient (Wildman–Crippen LogP) is 1.83. The maximum Gasteiger partial charge on any atom is 0.251 e. The second kappa shape index (κ2) is 7.68. The first-order chi connectivity index (χ1) is 11.0. The van der Waals surface area contributed by atoms with Gasteiger partial charge in [0.05, 0.1) is 20.0 Å². The van der Waals surface area contributed by atoms with Gasteiger partial charge in [-0.1, -0.05) is 11.8 Å². The van der Waals surface area contributed by atoms with Crippen LogP contribution in [0, 0.1) is 6.92 Å². The molecule has 2 aromatic rings. The number of hydrogen-bond acceptors (Lipinski definition) is 6. The number of rotatable bonds is 6. The fourth-order valence-electron chi connectivity index (χ4n) is 1.86. The number of anilines is 1. The van der Waals surface area contributed by atoms with Crippen molar-refractivity contribution in [3.63, 3.8) is 0 Å². The normalized spacial score (nSPS) is 10.2. The van der Waals surface area contributed by atoms with Crippen LogP contribution in [0.2, 0.25) is 0 Å². The van der Waals surface area contributed by atoms with Crippen LogP contribution in [0.1, 0.15) is 5.69 Å². The number of carbonyl (C=O) groups is 1. The molecule has 23 heavy (non-hydrogen) atoms. The van der Waals surface area contributed by atoms with Crippen molar-refractivity contribution < 1.29 is 14.3 Å². The largest absolute Gasteiger partial charge is 0.493 e. The highest BCUT2D eigenvalue weighted by Crippen LogP contribution is 2.29. The van der Waals surface area contributed by atoms with Gasteiger partial charge in [-0.2, -0.15) is 0 Å². The molecule has 2 N–H and O–H groups in total. The van der Waals surface area contributed by atoms with Crippen molar-refractivity contribution >= 4 is 23.4 Å². The third-order valence-corrected chi connectivity index (χ3v) is 3.73. The smallest absolute Gasteiger partial charge is 0.251 e. The minimum atomic E-state index is -0.236. The Bertz CT molecular complexity index is 761. The standard InChI is InChI=1S/C15H17N3O4S/c1-9-6-13(19)18-15(16-9)23-8-14(20)17-10-4-5-11(21-2)12(7-10)22-3/h4-7H,8H2,1-3H3,(H,17,20)(H,16,18,19). The Morgan fingerprint density at radius 1 is 1.26 bits per heavy atom. The van der Waals surface area contributed by atoms with Crippen molar-refractivity contribution in [2.24, 2.45) is 0 Å². The van der Waals surface area contributed by atoms with Crippen LogP contribution < -0.4 is 20.3 Å². The summed E-state index contributed by atoms with van der Waals surface area (Å²) in [4.78, 5) is 30.1. The van der Waals surface area contributed by atoms with Crippen molar-refractivity contribution in [3.05, 3.63) is 40.3 Å². The molecule has 0 saturated carbocycles. The molecule has 0 unspecified atom stereocenters. The van der Waals surface area contributed by atoms with E-state index in [1.807, 2.05) is 0 Å². The van der Waals surface area contributed by atoms with Crippen LogP contribution in [0.5, 0.6) is 11.5 Å². The highest BCUT2D eigenvalue weighted by Gasteiger charge is 2.09. The Hall–Kier alpha value is -2.48. The van der Waals surface area contributed by atoms with Crippen molar-refractivity contribution in [3.8, 4) is 11.5 Å². The molecule has 0 fully saturated rings. The lowest BCUT2D eigenvalue weighted by Crippen LogP contribution is -2.15. The molecule has 0 aliphatic heterocycles. The number of aromatic amines is 1. The number of amides is 1. The molecular weight excluding hydrogens is 318 g/mol. The fourth-order valence-corrected chi connectivity index (χ4v) is 2.59. The number of nitrogens with one attached hydrogen (secondary N) is 2. The van der Waals surface area contributed by atoms with Gasteiger partial charge < -0.3 is 19.8 Å². The zero-order chi connectivity index (χ0) is 16.8. The Kier molecular flexibility index (Phi) is 5.64. The van der Waals surface area contributed by atoms with E-state index in [1.165, 1.54) is 13.2 Å². The summed E-state index contributed by atoms with van der Waals surface area (Å²) < 4.78 is 10.3. The zero-order valence-corrected chi connectivity index (χ0v) is 13.8. The number of aromatic nitrogens is 2. The Labute approximate surface area is 137 Å². The molecule has 0 radical (unpaired) electrons. The molecule has 2 rings (SSSR count). The molecular formula is C15H17N3O4S.